The van der Waals surface area contributed by atoms with Crippen LogP contribution in [0.3, 0.4) is 0 Å². The molecular formula is C16H23NO3. The number of piperidine rings is 1. The van der Waals surface area contributed by atoms with Gasteiger partial charge in [0, 0.05) is 13.1 Å². The lowest BCUT2D eigenvalue weighted by atomic mass is 9.94. The van der Waals surface area contributed by atoms with Crippen molar-refractivity contribution >= 4 is 5.91 Å². The first-order valence-electron chi connectivity index (χ1n) is 7.16. The lowest BCUT2D eigenvalue weighted by Crippen LogP contribution is -2.45. The van der Waals surface area contributed by atoms with Crippen LogP contribution >= 0.6 is 0 Å². The zero-order chi connectivity index (χ0) is 14.6. The summed E-state index contributed by atoms with van der Waals surface area (Å²) < 4.78 is 5.64. The molecule has 1 saturated heterocycles. The molecule has 4 nitrogen and oxygen atoms in total. The molecule has 0 atom stereocenters. The standard InChI is InChI=1S/C16H23NO3/c1-13-5-3-4-6-14(13)20-12-7-15(18)17-10-8-16(2,19)9-11-17/h3-6,19H,7-12H2,1-2H3. The van der Waals surface area contributed by atoms with Gasteiger partial charge in [-0.15, -0.1) is 0 Å². The molecule has 1 heterocycles. The molecule has 0 aromatic heterocycles. The minimum atomic E-state index is -0.617. The number of hydrogen-bond acceptors (Lipinski definition) is 3. The number of amides is 1. The van der Waals surface area contributed by atoms with Gasteiger partial charge in [0.25, 0.3) is 0 Å². The van der Waals surface area contributed by atoms with Crippen LogP contribution in [0.4, 0.5) is 0 Å². The Labute approximate surface area is 120 Å². The molecule has 1 amide bonds. The Morgan fingerprint density at radius 2 is 2.00 bits per heavy atom. The highest BCUT2D eigenvalue weighted by Crippen LogP contribution is 2.21. The highest BCUT2D eigenvalue weighted by Gasteiger charge is 2.29. The quantitative estimate of drug-likeness (QED) is 0.917. The fraction of sp³-hybridized carbons (Fsp3) is 0.562. The largest absolute Gasteiger partial charge is 0.493 e. The van der Waals surface area contributed by atoms with Crippen LogP contribution in [0.2, 0.25) is 0 Å². The van der Waals surface area contributed by atoms with E-state index < -0.39 is 5.60 Å². The number of ether oxygens (including phenoxy) is 1. The van der Waals surface area contributed by atoms with E-state index in [-0.39, 0.29) is 5.91 Å². The first-order valence-corrected chi connectivity index (χ1v) is 7.16. The van der Waals surface area contributed by atoms with Gasteiger partial charge in [0.15, 0.2) is 0 Å². The van der Waals surface area contributed by atoms with E-state index in [0.717, 1.165) is 11.3 Å². The summed E-state index contributed by atoms with van der Waals surface area (Å²) in [5.41, 5.74) is 0.461. The predicted molar refractivity (Wildman–Crippen MR) is 77.7 cm³/mol. The number of likely N-dealkylation sites (tertiary alicyclic amines) is 1. The van der Waals surface area contributed by atoms with E-state index in [4.69, 9.17) is 4.74 Å². The highest BCUT2D eigenvalue weighted by molar-refractivity contribution is 5.76. The summed E-state index contributed by atoms with van der Waals surface area (Å²) in [5.74, 6) is 0.941. The van der Waals surface area contributed by atoms with Gasteiger partial charge in [-0.25, -0.2) is 0 Å². The van der Waals surface area contributed by atoms with Gasteiger partial charge < -0.3 is 14.7 Å². The molecule has 0 bridgehead atoms. The van der Waals surface area contributed by atoms with Crippen molar-refractivity contribution in [1.29, 1.82) is 0 Å². The summed E-state index contributed by atoms with van der Waals surface area (Å²) in [4.78, 5) is 13.9. The Morgan fingerprint density at radius 1 is 1.35 bits per heavy atom. The smallest absolute Gasteiger partial charge is 0.226 e. The molecule has 1 aliphatic heterocycles. The average Bonchev–Trinajstić information content (AvgIpc) is 2.40. The zero-order valence-electron chi connectivity index (χ0n) is 12.3. The molecule has 0 radical (unpaired) electrons. The van der Waals surface area contributed by atoms with Crippen molar-refractivity contribution in [3.05, 3.63) is 29.8 Å². The monoisotopic (exact) mass is 277 g/mol. The summed E-state index contributed by atoms with van der Waals surface area (Å²) in [6.07, 6.45) is 1.69. The Bertz CT molecular complexity index is 461. The van der Waals surface area contributed by atoms with E-state index in [0.29, 0.717) is 39.0 Å². The van der Waals surface area contributed by atoms with Crippen molar-refractivity contribution in [3.63, 3.8) is 0 Å². The van der Waals surface area contributed by atoms with Gasteiger partial charge in [0.1, 0.15) is 5.75 Å². The lowest BCUT2D eigenvalue weighted by molar-refractivity contribution is -0.135. The summed E-state index contributed by atoms with van der Waals surface area (Å²) >= 11 is 0. The zero-order valence-corrected chi connectivity index (χ0v) is 12.3. The van der Waals surface area contributed by atoms with Crippen LogP contribution in [0.15, 0.2) is 24.3 Å². The molecule has 0 spiro atoms. The van der Waals surface area contributed by atoms with Crippen LogP contribution in [-0.4, -0.2) is 41.2 Å². The third-order valence-electron chi connectivity index (χ3n) is 3.86. The molecule has 1 fully saturated rings. The van der Waals surface area contributed by atoms with Crippen LogP contribution in [0.1, 0.15) is 31.7 Å². The minimum Gasteiger partial charge on any atom is -0.493 e. The maximum atomic E-state index is 12.0. The van der Waals surface area contributed by atoms with Crippen molar-refractivity contribution in [2.24, 2.45) is 0 Å². The van der Waals surface area contributed by atoms with Gasteiger partial charge in [0.2, 0.25) is 5.91 Å². The van der Waals surface area contributed by atoms with Crippen LogP contribution in [0.5, 0.6) is 5.75 Å². The Morgan fingerprint density at radius 3 is 2.65 bits per heavy atom. The first-order chi connectivity index (χ1) is 9.48. The summed E-state index contributed by atoms with van der Waals surface area (Å²) in [7, 11) is 0. The molecule has 0 unspecified atom stereocenters. The second-order valence-corrected chi connectivity index (χ2v) is 5.74. The van der Waals surface area contributed by atoms with E-state index in [9.17, 15) is 9.90 Å². The van der Waals surface area contributed by atoms with Gasteiger partial charge in [-0.1, -0.05) is 18.2 Å². The van der Waals surface area contributed by atoms with Gasteiger partial charge in [-0.3, -0.25) is 4.79 Å². The normalized spacial score (nSPS) is 17.9. The number of benzene rings is 1. The fourth-order valence-corrected chi connectivity index (χ4v) is 2.36. The second kappa shape index (κ2) is 6.27. The number of hydrogen-bond donors (Lipinski definition) is 1. The Kier molecular flexibility index (Phi) is 4.65. The number of rotatable bonds is 4. The maximum absolute atomic E-state index is 12.0. The van der Waals surface area contributed by atoms with Crippen molar-refractivity contribution < 1.29 is 14.6 Å². The molecule has 1 aromatic rings. The SMILES string of the molecule is Cc1ccccc1OCCC(=O)N1CCC(C)(O)CC1. The number of carbonyl (C=O) groups excluding carboxylic acids is 1. The molecule has 20 heavy (non-hydrogen) atoms. The number of aryl methyl sites for hydroxylation is 1. The number of nitrogens with zero attached hydrogens (tertiary/aromatic N) is 1. The van der Waals surface area contributed by atoms with Crippen LogP contribution in [0, 0.1) is 6.92 Å². The van der Waals surface area contributed by atoms with Gasteiger partial charge in [0.05, 0.1) is 18.6 Å². The second-order valence-electron chi connectivity index (χ2n) is 5.74. The van der Waals surface area contributed by atoms with Crippen molar-refractivity contribution in [2.45, 2.75) is 38.7 Å². The third-order valence-corrected chi connectivity index (χ3v) is 3.86. The molecule has 4 heteroatoms. The summed E-state index contributed by atoms with van der Waals surface area (Å²) in [6, 6.07) is 7.80. The van der Waals surface area contributed by atoms with Crippen molar-refractivity contribution in [1.82, 2.24) is 4.90 Å². The summed E-state index contributed by atoms with van der Waals surface area (Å²) in [5, 5.41) is 9.87. The molecule has 0 saturated carbocycles. The van der Waals surface area contributed by atoms with E-state index in [1.807, 2.05) is 43.0 Å². The number of para-hydroxylation sites is 1. The molecule has 1 N–H and O–H groups in total. The predicted octanol–water partition coefficient (Wildman–Crippen LogP) is 2.14. The topological polar surface area (TPSA) is 49.8 Å². The Hall–Kier alpha value is -1.55. The fourth-order valence-electron chi connectivity index (χ4n) is 2.36. The minimum absolute atomic E-state index is 0.106. The van der Waals surface area contributed by atoms with Crippen LogP contribution < -0.4 is 4.74 Å². The van der Waals surface area contributed by atoms with Gasteiger partial charge in [-0.05, 0) is 38.3 Å². The average molecular weight is 277 g/mol. The molecule has 110 valence electrons. The molecule has 0 aliphatic carbocycles. The molecule has 1 aromatic carbocycles. The molecular weight excluding hydrogens is 254 g/mol. The molecule has 2 rings (SSSR count). The van der Waals surface area contributed by atoms with E-state index in [1.54, 1.807) is 0 Å². The van der Waals surface area contributed by atoms with Crippen LogP contribution in [0.25, 0.3) is 0 Å². The lowest BCUT2D eigenvalue weighted by Gasteiger charge is -2.35. The molecule has 1 aliphatic rings. The maximum Gasteiger partial charge on any atom is 0.226 e. The van der Waals surface area contributed by atoms with E-state index in [2.05, 4.69) is 0 Å². The Balaban J connectivity index is 1.75. The summed E-state index contributed by atoms with van der Waals surface area (Å²) in [6.45, 7) is 5.49. The third kappa shape index (κ3) is 3.97. The van der Waals surface area contributed by atoms with Crippen molar-refractivity contribution in [3.8, 4) is 5.75 Å². The highest BCUT2D eigenvalue weighted by atomic mass is 16.5. The van der Waals surface area contributed by atoms with Crippen LogP contribution in [-0.2, 0) is 4.79 Å². The number of aliphatic hydroxyl groups is 1. The first kappa shape index (κ1) is 14.9. The van der Waals surface area contributed by atoms with Gasteiger partial charge in [-0.2, -0.15) is 0 Å². The van der Waals surface area contributed by atoms with Crippen molar-refractivity contribution in [2.75, 3.05) is 19.7 Å². The number of carbonyl (C=O) groups is 1. The van der Waals surface area contributed by atoms with E-state index >= 15 is 0 Å². The van der Waals surface area contributed by atoms with Gasteiger partial charge >= 0.3 is 0 Å². The van der Waals surface area contributed by atoms with E-state index in [1.165, 1.54) is 0 Å².